The lowest BCUT2D eigenvalue weighted by molar-refractivity contribution is 0.387. The molecule has 0 spiro atoms. The molecule has 0 bridgehead atoms. The molecule has 0 aliphatic heterocycles. The third-order valence-corrected chi connectivity index (χ3v) is 2.06. The minimum absolute atomic E-state index is 0. The predicted octanol–water partition coefficient (Wildman–Crippen LogP) is -0.0357. The van der Waals surface area contributed by atoms with Crippen LogP contribution in [0.1, 0.15) is 7.43 Å². The number of benzene rings is 1. The molecule has 0 heterocycles. The summed E-state index contributed by atoms with van der Waals surface area (Å²) < 4.78 is 10.5. The number of hydrogen-bond acceptors (Lipinski definition) is 2. The van der Waals surface area contributed by atoms with Crippen LogP contribution in [0.2, 0.25) is 0 Å². The van der Waals surface area contributed by atoms with E-state index in [2.05, 4.69) is 11.5 Å². The maximum Gasteiger partial charge on any atom is 0.356 e. The highest BCUT2D eigenvalue weighted by Crippen LogP contribution is 2.32. The highest BCUT2D eigenvalue weighted by Gasteiger charge is 2.14. The molecule has 0 saturated carbocycles. The standard InChI is InChI=1S/C6H7O3P.CH5N3.CH4/c7-10(8,9)6-4-2-1-3-5-6;2-1(3)4;/h1-5H,(H2,7,8,9);(H5,2,3,4);1H4. The molecule has 15 heavy (non-hydrogen) atoms. The van der Waals surface area contributed by atoms with Gasteiger partial charge in [-0.2, -0.15) is 0 Å². The Morgan fingerprint density at radius 3 is 1.73 bits per heavy atom. The van der Waals surface area contributed by atoms with Crippen molar-refractivity contribution in [3.8, 4) is 0 Å². The van der Waals surface area contributed by atoms with E-state index < -0.39 is 7.60 Å². The summed E-state index contributed by atoms with van der Waals surface area (Å²) in [6, 6.07) is 7.70. The lowest BCUT2D eigenvalue weighted by Gasteiger charge is -2.00. The number of guanidine groups is 1. The number of nitrogens with one attached hydrogen (secondary N) is 1. The van der Waals surface area contributed by atoms with Crippen molar-refractivity contribution in [3.05, 3.63) is 30.3 Å². The average Bonchev–Trinajstić information content (AvgIpc) is 2.03. The molecule has 0 aliphatic carbocycles. The zero-order valence-corrected chi connectivity index (χ0v) is 8.19. The van der Waals surface area contributed by atoms with Gasteiger partial charge in [0.2, 0.25) is 0 Å². The molecule has 1 rings (SSSR count). The molecule has 0 aliphatic rings. The molecule has 7 N–H and O–H groups in total. The first-order chi connectivity index (χ1) is 6.34. The van der Waals surface area contributed by atoms with E-state index in [4.69, 9.17) is 15.2 Å². The van der Waals surface area contributed by atoms with E-state index >= 15 is 0 Å². The van der Waals surface area contributed by atoms with Crippen molar-refractivity contribution in [3.63, 3.8) is 0 Å². The summed E-state index contributed by atoms with van der Waals surface area (Å²) in [5, 5.41) is 6.12. The topological polar surface area (TPSA) is 133 Å². The summed E-state index contributed by atoms with van der Waals surface area (Å²) in [6.45, 7) is 0. The Labute approximate surface area is 88.6 Å². The fourth-order valence-electron chi connectivity index (χ4n) is 0.622. The van der Waals surface area contributed by atoms with Gasteiger partial charge in [0, 0.05) is 0 Å². The van der Waals surface area contributed by atoms with Gasteiger partial charge in [-0.25, -0.2) is 0 Å². The van der Waals surface area contributed by atoms with Gasteiger partial charge in [0.15, 0.2) is 5.96 Å². The largest absolute Gasteiger partial charge is 0.370 e. The smallest absolute Gasteiger partial charge is 0.356 e. The molecular formula is C8H16N3O3P. The number of nitrogens with two attached hydrogens (primary N) is 2. The third kappa shape index (κ3) is 8.96. The van der Waals surface area contributed by atoms with Gasteiger partial charge in [-0.1, -0.05) is 25.6 Å². The molecule has 6 nitrogen and oxygen atoms in total. The second kappa shape index (κ2) is 7.00. The van der Waals surface area contributed by atoms with Crippen LogP contribution in [0.25, 0.3) is 0 Å². The fraction of sp³-hybridized carbons (Fsp3) is 0.125. The molecule has 1 aromatic carbocycles. The molecule has 0 radical (unpaired) electrons. The van der Waals surface area contributed by atoms with Crippen LogP contribution in [-0.4, -0.2) is 15.7 Å². The van der Waals surface area contributed by atoms with Crippen LogP contribution in [0.3, 0.4) is 0 Å². The van der Waals surface area contributed by atoms with Crippen molar-refractivity contribution < 1.29 is 14.4 Å². The van der Waals surface area contributed by atoms with Crippen LogP contribution >= 0.6 is 7.60 Å². The summed E-state index contributed by atoms with van der Waals surface area (Å²) in [5.41, 5.74) is 8.94. The van der Waals surface area contributed by atoms with Crippen LogP contribution < -0.4 is 16.8 Å². The van der Waals surface area contributed by atoms with E-state index in [1.807, 2.05) is 0 Å². The Bertz CT molecular complexity index is 332. The molecular weight excluding hydrogens is 217 g/mol. The molecule has 0 atom stereocenters. The molecule has 0 saturated heterocycles. The van der Waals surface area contributed by atoms with Crippen LogP contribution in [-0.2, 0) is 4.57 Å². The highest BCUT2D eigenvalue weighted by molar-refractivity contribution is 7.60. The predicted molar refractivity (Wildman–Crippen MR) is 61.0 cm³/mol. The Balaban J connectivity index is 0. The minimum atomic E-state index is -4.02. The van der Waals surface area contributed by atoms with Crippen molar-refractivity contribution in [1.82, 2.24) is 0 Å². The second-order valence-corrected chi connectivity index (χ2v) is 3.94. The average molecular weight is 233 g/mol. The Morgan fingerprint density at radius 2 is 1.53 bits per heavy atom. The van der Waals surface area contributed by atoms with Crippen LogP contribution in [0.4, 0.5) is 0 Å². The van der Waals surface area contributed by atoms with Gasteiger partial charge in [-0.05, 0) is 12.1 Å². The maximum absolute atomic E-state index is 10.5. The van der Waals surface area contributed by atoms with Crippen molar-refractivity contribution >= 4 is 18.9 Å². The van der Waals surface area contributed by atoms with Gasteiger partial charge in [0.05, 0.1) is 5.30 Å². The quantitative estimate of drug-likeness (QED) is 0.264. The Morgan fingerprint density at radius 1 is 1.20 bits per heavy atom. The van der Waals surface area contributed by atoms with E-state index in [9.17, 15) is 4.57 Å². The second-order valence-electron chi connectivity index (χ2n) is 2.33. The molecule has 0 aromatic heterocycles. The zero-order chi connectivity index (χ0) is 11.2. The monoisotopic (exact) mass is 233 g/mol. The SMILES string of the molecule is C.N=C(N)N.O=P(O)(O)c1ccccc1. The summed E-state index contributed by atoms with van der Waals surface area (Å²) in [6.07, 6.45) is 0. The number of hydrogen-bond donors (Lipinski definition) is 5. The Kier molecular flexibility index (Phi) is 7.51. The first-order valence-electron chi connectivity index (χ1n) is 3.54. The summed E-state index contributed by atoms with van der Waals surface area (Å²) >= 11 is 0. The van der Waals surface area contributed by atoms with Crippen molar-refractivity contribution in [2.45, 2.75) is 7.43 Å². The van der Waals surface area contributed by atoms with Crippen molar-refractivity contribution in [1.29, 1.82) is 5.41 Å². The fourth-order valence-corrected chi connectivity index (χ4v) is 1.18. The maximum atomic E-state index is 10.5. The molecule has 7 heteroatoms. The normalized spacial score (nSPS) is 9.20. The zero-order valence-electron chi connectivity index (χ0n) is 7.29. The van der Waals surface area contributed by atoms with Gasteiger partial charge in [0.25, 0.3) is 0 Å². The van der Waals surface area contributed by atoms with Gasteiger partial charge in [-0.3, -0.25) is 9.97 Å². The van der Waals surface area contributed by atoms with Gasteiger partial charge < -0.3 is 21.3 Å². The third-order valence-electron chi connectivity index (χ3n) is 1.09. The van der Waals surface area contributed by atoms with E-state index in [0.717, 1.165) is 0 Å². The molecule has 0 unspecified atom stereocenters. The van der Waals surface area contributed by atoms with E-state index in [1.165, 1.54) is 12.1 Å². The summed E-state index contributed by atoms with van der Waals surface area (Å²) in [4.78, 5) is 17.2. The van der Waals surface area contributed by atoms with Crippen LogP contribution in [0.15, 0.2) is 30.3 Å². The molecule has 1 aromatic rings. The van der Waals surface area contributed by atoms with Gasteiger partial charge in [0.1, 0.15) is 0 Å². The van der Waals surface area contributed by atoms with Gasteiger partial charge in [-0.15, -0.1) is 0 Å². The molecule has 86 valence electrons. The first kappa shape index (κ1) is 16.1. The summed E-state index contributed by atoms with van der Waals surface area (Å²) in [5.74, 6) is -0.333. The van der Waals surface area contributed by atoms with E-state index in [1.54, 1.807) is 18.2 Å². The van der Waals surface area contributed by atoms with E-state index in [0.29, 0.717) is 0 Å². The molecule has 0 amide bonds. The van der Waals surface area contributed by atoms with Gasteiger partial charge >= 0.3 is 7.60 Å². The first-order valence-corrected chi connectivity index (χ1v) is 5.16. The summed E-state index contributed by atoms with van der Waals surface area (Å²) in [7, 11) is -4.02. The van der Waals surface area contributed by atoms with Crippen LogP contribution in [0, 0.1) is 5.41 Å². The van der Waals surface area contributed by atoms with Crippen LogP contribution in [0.5, 0.6) is 0 Å². The highest BCUT2D eigenvalue weighted by atomic mass is 31.2. The minimum Gasteiger partial charge on any atom is -0.370 e. The Hall–Kier alpha value is -1.36. The lowest BCUT2D eigenvalue weighted by atomic mass is 10.4. The molecule has 0 fully saturated rings. The number of rotatable bonds is 1. The van der Waals surface area contributed by atoms with E-state index in [-0.39, 0.29) is 18.7 Å². The van der Waals surface area contributed by atoms with Crippen molar-refractivity contribution in [2.75, 3.05) is 0 Å². The van der Waals surface area contributed by atoms with Crippen molar-refractivity contribution in [2.24, 2.45) is 11.5 Å². The lowest BCUT2D eigenvalue weighted by Crippen LogP contribution is -2.20.